The van der Waals surface area contributed by atoms with E-state index in [1.54, 1.807) is 52.0 Å². The van der Waals surface area contributed by atoms with Crippen LogP contribution in [0.4, 0.5) is 39.0 Å². The quantitative estimate of drug-likeness (QED) is 0.167. The van der Waals surface area contributed by atoms with Crippen LogP contribution in [0, 0.1) is 5.82 Å². The van der Waals surface area contributed by atoms with Crippen LogP contribution in [0.2, 0.25) is 5.15 Å². The highest BCUT2D eigenvalue weighted by molar-refractivity contribution is 6.29. The molecular weight excluding hydrogens is 679 g/mol. The summed E-state index contributed by atoms with van der Waals surface area (Å²) in [6.07, 6.45) is 11.8. The zero-order valence-electron chi connectivity index (χ0n) is 28.9. The van der Waals surface area contributed by atoms with Gasteiger partial charge in [-0.2, -0.15) is 10.2 Å². The van der Waals surface area contributed by atoms with Crippen LogP contribution in [0.25, 0.3) is 22.6 Å². The second kappa shape index (κ2) is 14.4. The van der Waals surface area contributed by atoms with E-state index in [4.69, 9.17) is 21.6 Å². The fraction of sp³-hybridized carbons (Fsp3) is 0.263. The van der Waals surface area contributed by atoms with Gasteiger partial charge in [-0.1, -0.05) is 23.7 Å². The first-order chi connectivity index (χ1) is 25.4. The van der Waals surface area contributed by atoms with E-state index in [1.165, 1.54) is 37.8 Å². The van der Waals surface area contributed by atoms with Gasteiger partial charge in [0, 0.05) is 61.6 Å². The molecule has 0 aliphatic carbocycles. The van der Waals surface area contributed by atoms with Crippen molar-refractivity contribution in [2.24, 2.45) is 0 Å². The van der Waals surface area contributed by atoms with Gasteiger partial charge in [-0.05, 0) is 94.1 Å². The molecule has 1 aromatic carbocycles. The molecule has 0 spiro atoms. The van der Waals surface area contributed by atoms with E-state index in [0.29, 0.717) is 22.9 Å². The summed E-state index contributed by atoms with van der Waals surface area (Å²) in [7, 11) is 0. The molecule has 2 fully saturated rings. The highest BCUT2D eigenvalue weighted by Crippen LogP contribution is 2.30. The van der Waals surface area contributed by atoms with Gasteiger partial charge in [-0.25, -0.2) is 33.4 Å². The second-order valence-electron chi connectivity index (χ2n) is 13.1. The van der Waals surface area contributed by atoms with Crippen LogP contribution in [0.3, 0.4) is 0 Å². The van der Waals surface area contributed by atoms with Gasteiger partial charge < -0.3 is 20.4 Å². The van der Waals surface area contributed by atoms with Crippen molar-refractivity contribution in [3.63, 3.8) is 0 Å². The Morgan fingerprint density at radius 2 is 1.23 bits per heavy atom. The molecule has 9 rings (SSSR count). The molecule has 2 N–H and O–H groups in total. The molecule has 52 heavy (non-hydrogen) atoms. The molecule has 0 saturated carbocycles. The number of rotatable bonds is 7. The number of benzene rings is 1. The van der Waals surface area contributed by atoms with Gasteiger partial charge in [-0.3, -0.25) is 0 Å². The Balaban J connectivity index is 0.000000153. The molecular formula is C38H38ClFN12. The van der Waals surface area contributed by atoms with Gasteiger partial charge in [0.15, 0.2) is 16.4 Å². The number of nitrogens with one attached hydrogen (secondary N) is 2. The van der Waals surface area contributed by atoms with Gasteiger partial charge in [0.1, 0.15) is 29.1 Å². The molecule has 14 heteroatoms. The smallest absolute Gasteiger partial charge is 0.177 e. The fourth-order valence-electron chi connectivity index (χ4n) is 6.88. The Morgan fingerprint density at radius 3 is 1.77 bits per heavy atom. The van der Waals surface area contributed by atoms with Crippen LogP contribution in [0.1, 0.15) is 39.5 Å². The van der Waals surface area contributed by atoms with Crippen LogP contribution in [0.5, 0.6) is 0 Å². The molecule has 12 nitrogen and oxygen atoms in total. The average Bonchev–Trinajstić information content (AvgIpc) is 3.97. The zero-order valence-corrected chi connectivity index (χ0v) is 29.6. The van der Waals surface area contributed by atoms with Crippen molar-refractivity contribution in [1.29, 1.82) is 0 Å². The molecule has 2 atom stereocenters. The van der Waals surface area contributed by atoms with E-state index >= 15 is 0 Å². The molecule has 2 aliphatic heterocycles. The van der Waals surface area contributed by atoms with Crippen LogP contribution in [0.15, 0.2) is 97.6 Å². The van der Waals surface area contributed by atoms with Gasteiger partial charge in [0.25, 0.3) is 0 Å². The standard InChI is InChI=1S/C22H21FN6.C16H17ClN6/c1-15-4-3-12-28(15)21-6-2-5-20(26-21)25-19-14-18(16-7-9-17(23)10-8-16)27-29-13-11-24-22(19)29;1-11-4-3-8-22(11)15-6-2-5-14(20-15)19-12-10-13(17)21-23-9-7-18-16(12)23/h2,5-11,13-15H,3-4,12H2,1H3,(H,25,26);2,5-7,9-11H,3-4,8H2,1H3,(H,19,20). The Bertz CT molecular complexity index is 2320. The SMILES string of the molecule is CC1CCCN1c1cccc(Nc2cc(-c3ccc(F)cc3)nn3ccnc23)n1.CC1CCCN1c1cccc(Nc2cc(Cl)nn3ccnc23)n1. The Morgan fingerprint density at radius 1 is 0.692 bits per heavy atom. The predicted octanol–water partition coefficient (Wildman–Crippen LogP) is 8.17. The molecule has 0 amide bonds. The third-order valence-corrected chi connectivity index (χ3v) is 9.70. The highest BCUT2D eigenvalue weighted by atomic mass is 35.5. The highest BCUT2D eigenvalue weighted by Gasteiger charge is 2.23. The van der Waals surface area contributed by atoms with Crippen LogP contribution < -0.4 is 20.4 Å². The largest absolute Gasteiger partial charge is 0.354 e. The lowest BCUT2D eigenvalue weighted by atomic mass is 10.1. The molecule has 6 aromatic heterocycles. The van der Waals surface area contributed by atoms with Crippen molar-refractivity contribution in [2.75, 3.05) is 33.5 Å². The first kappa shape index (κ1) is 33.3. The fourth-order valence-corrected chi connectivity index (χ4v) is 7.07. The summed E-state index contributed by atoms with van der Waals surface area (Å²) in [6.45, 7) is 6.57. The summed E-state index contributed by atoms with van der Waals surface area (Å²) < 4.78 is 16.7. The minimum atomic E-state index is -0.270. The molecule has 2 aliphatic rings. The maximum Gasteiger partial charge on any atom is 0.177 e. The lowest BCUT2D eigenvalue weighted by molar-refractivity contribution is 0.628. The summed E-state index contributed by atoms with van der Waals surface area (Å²) >= 11 is 6.07. The maximum absolute atomic E-state index is 13.3. The first-order valence-electron chi connectivity index (χ1n) is 17.5. The number of pyridine rings is 2. The number of imidazole rings is 2. The van der Waals surface area contributed by atoms with E-state index in [-0.39, 0.29) is 5.82 Å². The lowest BCUT2D eigenvalue weighted by Gasteiger charge is -2.23. The lowest BCUT2D eigenvalue weighted by Crippen LogP contribution is -2.27. The normalized spacial score (nSPS) is 17.1. The number of nitrogens with zero attached hydrogens (tertiary/aromatic N) is 10. The van der Waals surface area contributed by atoms with Gasteiger partial charge in [0.2, 0.25) is 0 Å². The number of hydrogen-bond acceptors (Lipinski definition) is 10. The van der Waals surface area contributed by atoms with Crippen LogP contribution in [-0.4, -0.2) is 64.3 Å². The van der Waals surface area contributed by atoms with E-state index in [2.05, 4.69) is 66.6 Å². The van der Waals surface area contributed by atoms with E-state index in [9.17, 15) is 4.39 Å². The Hall–Kier alpha value is -5.82. The number of hydrogen-bond donors (Lipinski definition) is 2. The van der Waals surface area contributed by atoms with E-state index in [1.807, 2.05) is 30.3 Å². The van der Waals surface area contributed by atoms with Crippen LogP contribution in [-0.2, 0) is 0 Å². The number of aromatic nitrogens is 8. The Kier molecular flexibility index (Phi) is 9.25. The van der Waals surface area contributed by atoms with Crippen molar-refractivity contribution in [1.82, 2.24) is 39.2 Å². The molecule has 0 radical (unpaired) electrons. The summed E-state index contributed by atoms with van der Waals surface area (Å²) in [6, 6.07) is 23.0. The minimum Gasteiger partial charge on any atom is -0.354 e. The first-order valence-corrected chi connectivity index (χ1v) is 17.9. The maximum atomic E-state index is 13.3. The number of fused-ring (bicyclic) bond motifs is 2. The summed E-state index contributed by atoms with van der Waals surface area (Å²) in [4.78, 5) is 23.0. The monoisotopic (exact) mass is 716 g/mol. The average molecular weight is 717 g/mol. The van der Waals surface area contributed by atoms with Gasteiger partial charge >= 0.3 is 0 Å². The number of anilines is 6. The van der Waals surface area contributed by atoms with Crippen molar-refractivity contribution >= 4 is 57.5 Å². The molecule has 264 valence electrons. The van der Waals surface area contributed by atoms with E-state index in [0.717, 1.165) is 64.6 Å². The van der Waals surface area contributed by atoms with Crippen molar-refractivity contribution in [3.05, 3.63) is 109 Å². The molecule has 2 saturated heterocycles. The second-order valence-corrected chi connectivity index (χ2v) is 13.5. The summed E-state index contributed by atoms with van der Waals surface area (Å²) in [5, 5.41) is 15.9. The molecule has 2 unspecified atom stereocenters. The topological polar surface area (TPSA) is 117 Å². The predicted molar refractivity (Wildman–Crippen MR) is 204 cm³/mol. The van der Waals surface area contributed by atoms with Crippen molar-refractivity contribution in [2.45, 2.75) is 51.6 Å². The molecule has 8 heterocycles. The van der Waals surface area contributed by atoms with Crippen LogP contribution >= 0.6 is 11.6 Å². The third kappa shape index (κ3) is 7.04. The Labute approximate surface area is 305 Å². The molecule has 7 aromatic rings. The summed E-state index contributed by atoms with van der Waals surface area (Å²) in [5.41, 5.74) is 4.56. The van der Waals surface area contributed by atoms with E-state index < -0.39 is 0 Å². The minimum absolute atomic E-state index is 0.270. The molecule has 0 bridgehead atoms. The van der Waals surface area contributed by atoms with Crippen molar-refractivity contribution < 1.29 is 4.39 Å². The third-order valence-electron chi connectivity index (χ3n) is 9.52. The van der Waals surface area contributed by atoms with Gasteiger partial charge in [0.05, 0.1) is 17.1 Å². The van der Waals surface area contributed by atoms with Gasteiger partial charge in [-0.15, -0.1) is 0 Å². The zero-order chi connectivity index (χ0) is 35.6. The van der Waals surface area contributed by atoms with Crippen molar-refractivity contribution in [3.8, 4) is 11.3 Å². The summed E-state index contributed by atoms with van der Waals surface area (Å²) in [5.74, 6) is 3.23. The number of halogens is 2.